The summed E-state index contributed by atoms with van der Waals surface area (Å²) in [5.74, 6) is 0.625. The Kier molecular flexibility index (Phi) is 4.74. The van der Waals surface area contributed by atoms with Gasteiger partial charge in [-0.25, -0.2) is 15.0 Å². The number of hydrogen-bond acceptors (Lipinski definition) is 8. The van der Waals surface area contributed by atoms with Crippen molar-refractivity contribution in [1.82, 2.24) is 19.9 Å². The maximum absolute atomic E-state index is 5.49. The van der Waals surface area contributed by atoms with Gasteiger partial charge < -0.3 is 19.3 Å². The molecule has 4 heterocycles. The minimum absolute atomic E-state index is 0.350. The molecule has 4 aromatic rings. The van der Waals surface area contributed by atoms with Gasteiger partial charge in [0, 0.05) is 36.5 Å². The molecule has 0 atom stereocenters. The molecule has 0 unspecified atom stereocenters. The number of anilines is 3. The fraction of sp³-hybridized carbons (Fsp3) is 0.217. The Hall–Kier alpha value is -3.94. The fourth-order valence-corrected chi connectivity index (χ4v) is 3.82. The zero-order chi connectivity index (χ0) is 21.4. The van der Waals surface area contributed by atoms with Gasteiger partial charge >= 0.3 is 6.01 Å². The summed E-state index contributed by atoms with van der Waals surface area (Å²) in [5.41, 5.74) is 6.04. The van der Waals surface area contributed by atoms with Gasteiger partial charge in [-0.1, -0.05) is 6.07 Å². The second-order valence-corrected chi connectivity index (χ2v) is 7.24. The summed E-state index contributed by atoms with van der Waals surface area (Å²) >= 11 is 0. The van der Waals surface area contributed by atoms with Crippen LogP contribution in [0.15, 0.2) is 55.1 Å². The number of ether oxygens (including phenoxy) is 2. The van der Waals surface area contributed by atoms with E-state index >= 15 is 0 Å². The maximum atomic E-state index is 5.49. The van der Waals surface area contributed by atoms with E-state index in [1.807, 2.05) is 43.6 Å². The first-order valence-corrected chi connectivity index (χ1v) is 10.0. The molecule has 0 fully saturated rings. The van der Waals surface area contributed by atoms with Gasteiger partial charge in [0.25, 0.3) is 0 Å². The summed E-state index contributed by atoms with van der Waals surface area (Å²) in [6, 6.07) is 10.5. The topological polar surface area (TPSA) is 76.5 Å². The molecule has 0 saturated carbocycles. The molecule has 1 aliphatic heterocycles. The van der Waals surface area contributed by atoms with Gasteiger partial charge in [0.15, 0.2) is 0 Å². The Morgan fingerprint density at radius 1 is 0.935 bits per heavy atom. The predicted molar refractivity (Wildman–Crippen MR) is 120 cm³/mol. The van der Waals surface area contributed by atoms with E-state index in [1.165, 1.54) is 0 Å². The molecule has 5 rings (SSSR count). The Labute approximate surface area is 180 Å². The Morgan fingerprint density at radius 3 is 2.48 bits per heavy atom. The summed E-state index contributed by atoms with van der Waals surface area (Å²) in [6.45, 7) is 3.25. The van der Waals surface area contributed by atoms with Crippen LogP contribution in [0.4, 0.5) is 17.1 Å². The monoisotopic (exact) mass is 414 g/mol. The number of aromatic nitrogens is 4. The maximum Gasteiger partial charge on any atom is 0.316 e. The van der Waals surface area contributed by atoms with Gasteiger partial charge in [-0.15, -0.1) is 0 Å². The molecule has 8 heteroatoms. The Bertz CT molecular complexity index is 1230. The van der Waals surface area contributed by atoms with Crippen LogP contribution in [0.5, 0.6) is 11.9 Å². The van der Waals surface area contributed by atoms with Crippen molar-refractivity contribution in [3.05, 3.63) is 55.1 Å². The van der Waals surface area contributed by atoms with Crippen LogP contribution in [0.25, 0.3) is 22.0 Å². The second-order valence-electron chi connectivity index (χ2n) is 7.24. The summed E-state index contributed by atoms with van der Waals surface area (Å²) in [7, 11) is 3.62. The third kappa shape index (κ3) is 3.35. The molecular weight excluding hydrogens is 392 g/mol. The van der Waals surface area contributed by atoms with Gasteiger partial charge in [-0.05, 0) is 30.7 Å². The van der Waals surface area contributed by atoms with E-state index in [1.54, 1.807) is 19.5 Å². The molecule has 156 valence electrons. The quantitative estimate of drug-likeness (QED) is 0.484. The van der Waals surface area contributed by atoms with Gasteiger partial charge in [0.1, 0.15) is 0 Å². The van der Waals surface area contributed by atoms with Crippen LogP contribution in [0.2, 0.25) is 0 Å². The SMILES string of the molecule is CCOc1ccc(N2CN(C)c3cnc4ccc(-c5cnc(OC)nc5)cc4c32)cn1. The average Bonchev–Trinajstić information content (AvgIpc) is 3.16. The van der Waals surface area contributed by atoms with Crippen LogP contribution < -0.4 is 19.3 Å². The number of rotatable bonds is 5. The molecule has 0 aliphatic carbocycles. The summed E-state index contributed by atoms with van der Waals surface area (Å²) in [5, 5.41) is 1.06. The number of nitrogens with zero attached hydrogens (tertiary/aromatic N) is 6. The molecule has 0 bridgehead atoms. The highest BCUT2D eigenvalue weighted by Crippen LogP contribution is 2.44. The lowest BCUT2D eigenvalue weighted by Crippen LogP contribution is -2.24. The normalized spacial score (nSPS) is 12.9. The lowest BCUT2D eigenvalue weighted by molar-refractivity contribution is 0.327. The van der Waals surface area contributed by atoms with E-state index in [0.717, 1.165) is 39.1 Å². The zero-order valence-corrected chi connectivity index (χ0v) is 17.6. The van der Waals surface area contributed by atoms with Gasteiger partial charge in [0.05, 0.1) is 55.4 Å². The highest BCUT2D eigenvalue weighted by atomic mass is 16.5. The molecule has 1 aromatic carbocycles. The van der Waals surface area contributed by atoms with Gasteiger partial charge in [-0.2, -0.15) is 0 Å². The lowest BCUT2D eigenvalue weighted by atomic mass is 10.0. The van der Waals surface area contributed by atoms with Crippen LogP contribution in [0.1, 0.15) is 6.92 Å². The molecule has 0 saturated heterocycles. The Morgan fingerprint density at radius 2 is 1.77 bits per heavy atom. The van der Waals surface area contributed by atoms with Gasteiger partial charge in [-0.3, -0.25) is 4.98 Å². The van der Waals surface area contributed by atoms with Crippen molar-refractivity contribution in [3.63, 3.8) is 0 Å². The van der Waals surface area contributed by atoms with Crippen molar-refractivity contribution < 1.29 is 9.47 Å². The van der Waals surface area contributed by atoms with Crippen molar-refractivity contribution in [2.24, 2.45) is 0 Å². The third-order valence-electron chi connectivity index (χ3n) is 5.32. The van der Waals surface area contributed by atoms with Crippen LogP contribution in [0.3, 0.4) is 0 Å². The fourth-order valence-electron chi connectivity index (χ4n) is 3.82. The summed E-state index contributed by atoms with van der Waals surface area (Å²) in [6.07, 6.45) is 7.31. The Balaban J connectivity index is 1.61. The number of hydrogen-bond donors (Lipinski definition) is 0. The second kappa shape index (κ2) is 7.71. The molecule has 0 spiro atoms. The minimum atomic E-state index is 0.350. The van der Waals surface area contributed by atoms with Crippen LogP contribution in [-0.4, -0.2) is 47.4 Å². The molecule has 0 radical (unpaired) electrons. The molecule has 3 aromatic heterocycles. The minimum Gasteiger partial charge on any atom is -0.478 e. The van der Waals surface area contributed by atoms with E-state index in [4.69, 9.17) is 9.47 Å². The van der Waals surface area contributed by atoms with Crippen molar-refractivity contribution in [2.75, 3.05) is 37.2 Å². The molecule has 0 amide bonds. The largest absolute Gasteiger partial charge is 0.478 e. The van der Waals surface area contributed by atoms with Crippen molar-refractivity contribution >= 4 is 28.0 Å². The van der Waals surface area contributed by atoms with E-state index in [2.05, 4.69) is 42.8 Å². The van der Waals surface area contributed by atoms with E-state index < -0.39 is 0 Å². The first-order valence-electron chi connectivity index (χ1n) is 10.0. The first-order chi connectivity index (χ1) is 15.2. The number of benzene rings is 1. The summed E-state index contributed by atoms with van der Waals surface area (Å²) in [4.78, 5) is 22.0. The summed E-state index contributed by atoms with van der Waals surface area (Å²) < 4.78 is 10.6. The van der Waals surface area contributed by atoms with E-state index in [-0.39, 0.29) is 0 Å². The molecule has 0 N–H and O–H groups in total. The molecule has 8 nitrogen and oxygen atoms in total. The molecule has 31 heavy (non-hydrogen) atoms. The van der Waals surface area contributed by atoms with Crippen molar-refractivity contribution in [1.29, 1.82) is 0 Å². The number of methoxy groups -OCH3 is 1. The van der Waals surface area contributed by atoms with Crippen LogP contribution in [0, 0.1) is 0 Å². The van der Waals surface area contributed by atoms with Crippen molar-refractivity contribution in [2.45, 2.75) is 6.92 Å². The zero-order valence-electron chi connectivity index (χ0n) is 17.6. The highest BCUT2D eigenvalue weighted by molar-refractivity contribution is 6.03. The van der Waals surface area contributed by atoms with Crippen LogP contribution >= 0.6 is 0 Å². The van der Waals surface area contributed by atoms with Crippen molar-refractivity contribution in [3.8, 4) is 23.0 Å². The smallest absolute Gasteiger partial charge is 0.316 e. The van der Waals surface area contributed by atoms with Crippen LogP contribution in [-0.2, 0) is 0 Å². The standard InChI is InChI=1S/C23H22N6O2/c1-4-31-21-8-6-17(12-25-21)29-14-28(2)20-13-24-19-7-5-15(9-18(19)22(20)29)16-10-26-23(30-3)27-11-16/h5-13H,4,14H2,1-3H3. The lowest BCUT2D eigenvalue weighted by Gasteiger charge is -2.20. The average molecular weight is 414 g/mol. The molecule has 1 aliphatic rings. The van der Waals surface area contributed by atoms with Gasteiger partial charge in [0.2, 0.25) is 5.88 Å². The number of pyridine rings is 2. The highest BCUT2D eigenvalue weighted by Gasteiger charge is 2.27. The predicted octanol–water partition coefficient (Wildman–Crippen LogP) is 4.04. The molecular formula is C23H22N6O2. The van der Waals surface area contributed by atoms with E-state index in [0.29, 0.717) is 25.2 Å². The first kappa shape index (κ1) is 19.0. The third-order valence-corrected chi connectivity index (χ3v) is 5.32. The van der Waals surface area contributed by atoms with E-state index in [9.17, 15) is 0 Å². The number of fused-ring (bicyclic) bond motifs is 3.